The number of rotatable bonds is 42. The second-order valence-electron chi connectivity index (χ2n) is 22.4. The first-order valence-electron chi connectivity index (χ1n) is 30.9. The van der Waals surface area contributed by atoms with Crippen molar-refractivity contribution in [2.24, 2.45) is 23.7 Å². The van der Waals surface area contributed by atoms with Crippen LogP contribution in [0.4, 0.5) is 0 Å². The highest BCUT2D eigenvalue weighted by Crippen LogP contribution is 2.29. The summed E-state index contributed by atoms with van der Waals surface area (Å²) >= 11 is 0. The largest absolute Gasteiger partial charge is 0.394 e. The van der Waals surface area contributed by atoms with Crippen molar-refractivity contribution in [1.29, 1.82) is 0 Å². The first-order valence-corrected chi connectivity index (χ1v) is 30.9. The Hall–Kier alpha value is -3.41. The third kappa shape index (κ3) is 33.0. The Morgan fingerprint density at radius 2 is 0.701 bits per heavy atom. The van der Waals surface area contributed by atoms with Crippen molar-refractivity contribution in [3.8, 4) is 0 Å². The van der Waals surface area contributed by atoms with E-state index in [0.717, 1.165) is 5.92 Å². The Morgan fingerprint density at radius 1 is 0.425 bits per heavy atom. The fraction of sp³-hybridized carbons (Fsp3) is 0.914. The van der Waals surface area contributed by atoms with Crippen LogP contribution in [-0.2, 0) is 71.3 Å². The van der Waals surface area contributed by atoms with Crippen molar-refractivity contribution in [1.82, 2.24) is 26.6 Å². The maximum Gasteiger partial charge on any atom is 0.222 e. The van der Waals surface area contributed by atoms with Gasteiger partial charge >= 0.3 is 0 Å². The number of hydrogen-bond acceptors (Lipinski definition) is 24. The fourth-order valence-electron chi connectivity index (χ4n) is 8.83. The fourth-order valence-corrected chi connectivity index (χ4v) is 8.83. The highest BCUT2D eigenvalue weighted by molar-refractivity contribution is 5.79. The van der Waals surface area contributed by atoms with Crippen LogP contribution in [-0.4, -0.2) is 274 Å². The minimum atomic E-state index is -1.44. The number of nitrogens with one attached hydrogen (secondary N) is 5. The lowest BCUT2D eigenvalue weighted by molar-refractivity contribution is -0.282. The van der Waals surface area contributed by atoms with E-state index >= 15 is 0 Å². The molecular weight excluding hydrogens is 1150 g/mol. The zero-order valence-corrected chi connectivity index (χ0v) is 53.0. The number of ether oxygens (including phenoxy) is 10. The molecule has 0 bridgehead atoms. The first-order chi connectivity index (χ1) is 41.5. The smallest absolute Gasteiger partial charge is 0.222 e. The molecule has 29 heteroatoms. The van der Waals surface area contributed by atoms with E-state index in [-0.39, 0.29) is 141 Å². The van der Waals surface area contributed by atoms with Gasteiger partial charge in [0.1, 0.15) is 42.2 Å². The van der Waals surface area contributed by atoms with Crippen molar-refractivity contribution in [3.63, 3.8) is 0 Å². The van der Waals surface area contributed by atoms with Gasteiger partial charge in [-0.25, -0.2) is 0 Å². The molecule has 15 atom stereocenters. The molecule has 3 heterocycles. The molecular formula is C58H111N5O24. The molecule has 3 fully saturated rings. The van der Waals surface area contributed by atoms with Gasteiger partial charge in [-0.2, -0.15) is 0 Å². The number of amides is 5. The summed E-state index contributed by atoms with van der Waals surface area (Å²) in [6.45, 7) is 14.6. The zero-order chi connectivity index (χ0) is 65.3. The maximum atomic E-state index is 13.6. The summed E-state index contributed by atoms with van der Waals surface area (Å²) in [5.41, 5.74) is -1.44. The molecule has 0 spiro atoms. The van der Waals surface area contributed by atoms with Crippen LogP contribution >= 0.6 is 0 Å². The van der Waals surface area contributed by atoms with Crippen molar-refractivity contribution in [2.75, 3.05) is 119 Å². The van der Waals surface area contributed by atoms with E-state index < -0.39 is 123 Å². The van der Waals surface area contributed by atoms with Crippen LogP contribution in [0.2, 0.25) is 0 Å². The molecule has 0 saturated carbocycles. The summed E-state index contributed by atoms with van der Waals surface area (Å²) < 4.78 is 56.9. The van der Waals surface area contributed by atoms with Crippen LogP contribution in [0.5, 0.6) is 0 Å². The average Bonchev–Trinajstić information content (AvgIpc) is 3.11. The molecule has 0 radical (unpaired) electrons. The van der Waals surface area contributed by atoms with Gasteiger partial charge in [0.25, 0.3) is 0 Å². The molecule has 0 aromatic rings. The third-order valence-electron chi connectivity index (χ3n) is 14.0. The molecule has 14 N–H and O–H groups in total. The van der Waals surface area contributed by atoms with E-state index in [2.05, 4.69) is 47.4 Å². The lowest BCUT2D eigenvalue weighted by atomic mass is 9.92. The molecule has 6 unspecified atom stereocenters. The lowest BCUT2D eigenvalue weighted by Crippen LogP contribution is -2.58. The molecule has 29 nitrogen and oxygen atoms in total. The third-order valence-corrected chi connectivity index (χ3v) is 14.0. The SMILES string of the molecule is CC.CC(C)C.COCCCNC(=O)CCCC(=O)NC(COCCC(=O)NCCCO[C@@H]1OC(CO)[C@H](O)[C@H](O)C1C)(COCCC(=O)NCCCO[C@@H]1OC(CO)[C@H](O)[C@H](O)C1C)COCCC(=O)NCCCO[C@@H]1OC(CO)[C@H](O)[C@H](O)C1C. The second kappa shape index (κ2) is 47.5. The second-order valence-corrected chi connectivity index (χ2v) is 22.4. The molecule has 0 aromatic heterocycles. The molecule has 87 heavy (non-hydrogen) atoms. The molecule has 3 aliphatic rings. The molecule has 5 amide bonds. The Morgan fingerprint density at radius 3 is 0.989 bits per heavy atom. The highest BCUT2D eigenvalue weighted by atomic mass is 16.7. The summed E-state index contributed by atoms with van der Waals surface area (Å²) in [6.07, 6.45) is -11.4. The Balaban J connectivity index is 0.00000604. The van der Waals surface area contributed by atoms with E-state index in [1.807, 2.05) is 13.8 Å². The van der Waals surface area contributed by atoms with Gasteiger partial charge < -0.3 is 120 Å². The summed E-state index contributed by atoms with van der Waals surface area (Å²) in [4.78, 5) is 64.7. The van der Waals surface area contributed by atoms with E-state index in [9.17, 15) is 69.9 Å². The van der Waals surface area contributed by atoms with E-state index in [4.69, 9.17) is 47.4 Å². The number of methoxy groups -OCH3 is 1. The summed E-state index contributed by atoms with van der Waals surface area (Å²) in [7, 11) is 1.56. The normalized spacial score (nSPS) is 27.8. The van der Waals surface area contributed by atoms with E-state index in [0.29, 0.717) is 38.8 Å². The topological polar surface area (TPSA) is 420 Å². The number of aliphatic hydroxyl groups is 9. The molecule has 3 aliphatic heterocycles. The van der Waals surface area contributed by atoms with Crippen LogP contribution < -0.4 is 26.6 Å². The van der Waals surface area contributed by atoms with Gasteiger partial charge in [-0.1, -0.05) is 55.4 Å². The molecule has 0 aromatic carbocycles. The number of aliphatic hydroxyl groups excluding tert-OH is 9. The Labute approximate surface area is 513 Å². The van der Waals surface area contributed by atoms with Crippen molar-refractivity contribution in [2.45, 2.75) is 199 Å². The van der Waals surface area contributed by atoms with Crippen LogP contribution in [0.3, 0.4) is 0 Å². The summed E-state index contributed by atoms with van der Waals surface area (Å²) in [5, 5.41) is 104. The summed E-state index contributed by atoms with van der Waals surface area (Å²) in [6, 6.07) is 0. The Kier molecular flexibility index (Phi) is 44.5. The minimum Gasteiger partial charge on any atom is -0.394 e. The van der Waals surface area contributed by atoms with Crippen LogP contribution in [0, 0.1) is 23.7 Å². The maximum absolute atomic E-state index is 13.6. The molecule has 0 aliphatic carbocycles. The van der Waals surface area contributed by atoms with Crippen molar-refractivity contribution in [3.05, 3.63) is 0 Å². The standard InChI is InChI=1S/C52H95N5O24.C4H10.C2H6/c1-32-43(66)46(69)35(26-58)79-49(32)76-20-7-16-54-39(62)12-23-73-29-52(57-42(65)11-5-10-38(61)53-15-6-19-72-4,30-74-24-13-40(63)55-17-8-21-77-50-33(2)44(67)47(70)36(27-59)80-50)31-75-25-14-41(64)56-18-9-22-78-51-34(3)45(68)48(71)37(28-60)81-51;1-4(2)3;1-2/h32-37,43-51,58-60,66-71H,5-31H2,1-4H3,(H,53,61)(H,54,62)(H,55,63)(H,56,64)(H,57,65);4H,1-3H3;1-2H3/t32?,33?,34?,35?,36?,37?,43-,44-,45-,46+,47+,48+,49-,50-,51-,52?;;/m1../s1. The van der Waals surface area contributed by atoms with Gasteiger partial charge in [0.15, 0.2) is 18.9 Å². The van der Waals surface area contributed by atoms with Crippen LogP contribution in [0.15, 0.2) is 0 Å². The van der Waals surface area contributed by atoms with E-state index in [1.165, 1.54) is 0 Å². The minimum absolute atomic E-state index is 0.0569. The zero-order valence-electron chi connectivity index (χ0n) is 53.0. The molecule has 3 saturated heterocycles. The predicted octanol–water partition coefficient (Wildman–Crippen LogP) is -2.13. The number of carbonyl (C=O) groups is 5. The number of hydrogen-bond donors (Lipinski definition) is 14. The van der Waals surface area contributed by atoms with Gasteiger partial charge in [0.05, 0.1) is 97.6 Å². The van der Waals surface area contributed by atoms with Gasteiger partial charge in [-0.05, 0) is 38.0 Å². The quantitative estimate of drug-likeness (QED) is 0.0290. The lowest BCUT2D eigenvalue weighted by Gasteiger charge is -2.40. The monoisotopic (exact) mass is 1260 g/mol. The average molecular weight is 1260 g/mol. The highest BCUT2D eigenvalue weighted by Gasteiger charge is 2.45. The summed E-state index contributed by atoms with van der Waals surface area (Å²) in [5.74, 6) is -2.75. The van der Waals surface area contributed by atoms with Crippen LogP contribution in [0.1, 0.15) is 120 Å². The predicted molar refractivity (Wildman–Crippen MR) is 314 cm³/mol. The Bertz CT molecular complexity index is 1660. The van der Waals surface area contributed by atoms with Crippen molar-refractivity contribution >= 4 is 29.5 Å². The van der Waals surface area contributed by atoms with E-state index in [1.54, 1.807) is 27.9 Å². The number of carbonyl (C=O) groups excluding carboxylic acids is 5. The molecule has 512 valence electrons. The van der Waals surface area contributed by atoms with Crippen LogP contribution in [0.25, 0.3) is 0 Å². The van der Waals surface area contributed by atoms with Crippen molar-refractivity contribution < 1.29 is 117 Å². The molecule has 3 rings (SSSR count). The van der Waals surface area contributed by atoms with Gasteiger partial charge in [-0.3, -0.25) is 24.0 Å². The van der Waals surface area contributed by atoms with Gasteiger partial charge in [0, 0.05) is 89.8 Å². The first kappa shape index (κ1) is 81.6. The van der Waals surface area contributed by atoms with Gasteiger partial charge in [-0.15, -0.1) is 0 Å². The van der Waals surface area contributed by atoms with Gasteiger partial charge in [0.2, 0.25) is 29.5 Å².